The van der Waals surface area contributed by atoms with Gasteiger partial charge in [0.25, 0.3) is 0 Å². The van der Waals surface area contributed by atoms with Gasteiger partial charge in [-0.25, -0.2) is 8.42 Å². The third kappa shape index (κ3) is 3.60. The molecule has 0 bridgehead atoms. The third-order valence-corrected chi connectivity index (χ3v) is 6.77. The number of fused-ring (bicyclic) bond motifs is 1. The van der Waals surface area contributed by atoms with Crippen LogP contribution in [-0.2, 0) is 14.6 Å². The summed E-state index contributed by atoms with van der Waals surface area (Å²) in [6, 6.07) is 6.64. The van der Waals surface area contributed by atoms with Crippen LogP contribution in [0.25, 0.3) is 0 Å². The van der Waals surface area contributed by atoms with Gasteiger partial charge in [-0.15, -0.1) is 0 Å². The normalized spacial score (nSPS) is 26.6. The van der Waals surface area contributed by atoms with Crippen LogP contribution in [0.1, 0.15) is 26.2 Å². The second-order valence-corrected chi connectivity index (χ2v) is 9.22. The van der Waals surface area contributed by atoms with Crippen LogP contribution in [0.2, 0.25) is 5.02 Å². The molecular formula is C17H23ClN2O3S. The Kier molecular flexibility index (Phi) is 5.18. The number of piperazine rings is 1. The minimum Gasteiger partial charge on any atom is -0.306 e. The zero-order chi connectivity index (χ0) is 17.3. The smallest absolute Gasteiger partial charge is 0.241 e. The number of halogens is 1. The second-order valence-electron chi connectivity index (χ2n) is 6.63. The molecule has 7 heteroatoms. The summed E-state index contributed by atoms with van der Waals surface area (Å²) in [7, 11) is -3.14. The molecule has 0 saturated carbocycles. The Morgan fingerprint density at radius 3 is 2.67 bits per heavy atom. The summed E-state index contributed by atoms with van der Waals surface area (Å²) in [4.78, 5) is 16.5. The summed E-state index contributed by atoms with van der Waals surface area (Å²) in [5.41, 5.74) is 0.688. The number of sulfone groups is 1. The molecule has 0 unspecified atom stereocenters. The maximum atomic E-state index is 12.7. The van der Waals surface area contributed by atoms with Gasteiger partial charge in [0.2, 0.25) is 5.91 Å². The van der Waals surface area contributed by atoms with Crippen molar-refractivity contribution in [3.63, 3.8) is 0 Å². The number of rotatable bonds is 5. The molecule has 1 aromatic rings. The average Bonchev–Trinajstić information content (AvgIpc) is 2.82. The maximum Gasteiger partial charge on any atom is 0.241 e. The van der Waals surface area contributed by atoms with Crippen molar-refractivity contribution >= 4 is 33.0 Å². The lowest BCUT2D eigenvalue weighted by Crippen LogP contribution is -2.62. The van der Waals surface area contributed by atoms with Gasteiger partial charge in [0.05, 0.1) is 24.1 Å². The van der Waals surface area contributed by atoms with Crippen LogP contribution in [-0.4, -0.2) is 55.9 Å². The average molecular weight is 371 g/mol. The van der Waals surface area contributed by atoms with Gasteiger partial charge in [-0.05, 0) is 31.2 Å². The second kappa shape index (κ2) is 7.02. The number of nitrogens with zero attached hydrogens (tertiary/aromatic N) is 2. The monoisotopic (exact) mass is 370 g/mol. The first-order chi connectivity index (χ1) is 11.4. The Morgan fingerprint density at radius 1 is 1.21 bits per heavy atom. The van der Waals surface area contributed by atoms with Crippen LogP contribution in [0.3, 0.4) is 0 Å². The Hall–Kier alpha value is -1.11. The van der Waals surface area contributed by atoms with Gasteiger partial charge in [-0.2, -0.15) is 0 Å². The fourth-order valence-corrected chi connectivity index (χ4v) is 5.89. The van der Waals surface area contributed by atoms with E-state index in [2.05, 4.69) is 11.8 Å². The zero-order valence-corrected chi connectivity index (χ0v) is 15.4. The van der Waals surface area contributed by atoms with Crippen LogP contribution in [0.15, 0.2) is 24.3 Å². The molecule has 24 heavy (non-hydrogen) atoms. The summed E-state index contributed by atoms with van der Waals surface area (Å²) >= 11 is 6.06. The Labute approximate surface area is 148 Å². The van der Waals surface area contributed by atoms with E-state index in [-0.39, 0.29) is 36.0 Å². The highest BCUT2D eigenvalue weighted by Gasteiger charge is 2.49. The number of hydrogen-bond donors (Lipinski definition) is 0. The van der Waals surface area contributed by atoms with Gasteiger partial charge in [-0.3, -0.25) is 9.69 Å². The number of unbranched alkanes of at least 4 members (excludes halogenated alkanes) is 2. The third-order valence-electron chi connectivity index (χ3n) is 4.84. The first-order valence-corrected chi connectivity index (χ1v) is 10.6. The van der Waals surface area contributed by atoms with E-state index >= 15 is 0 Å². The van der Waals surface area contributed by atoms with Gasteiger partial charge in [0.1, 0.15) is 0 Å². The molecule has 0 N–H and O–H groups in total. The first-order valence-electron chi connectivity index (χ1n) is 8.43. The molecule has 2 aliphatic rings. The molecule has 5 nitrogen and oxygen atoms in total. The van der Waals surface area contributed by atoms with E-state index in [9.17, 15) is 13.2 Å². The molecule has 2 saturated heterocycles. The minimum absolute atomic E-state index is 0.0280. The summed E-state index contributed by atoms with van der Waals surface area (Å²) in [6.07, 6.45) is 3.18. The molecule has 0 radical (unpaired) electrons. The van der Waals surface area contributed by atoms with Crippen molar-refractivity contribution < 1.29 is 13.2 Å². The van der Waals surface area contributed by atoms with Crippen LogP contribution in [0.5, 0.6) is 0 Å². The topological polar surface area (TPSA) is 57.7 Å². The van der Waals surface area contributed by atoms with Gasteiger partial charge in [0.15, 0.2) is 9.84 Å². The number of hydrogen-bond acceptors (Lipinski definition) is 4. The fraction of sp³-hybridized carbons (Fsp3) is 0.588. The Bertz CT molecular complexity index is 722. The van der Waals surface area contributed by atoms with Gasteiger partial charge >= 0.3 is 0 Å². The van der Waals surface area contributed by atoms with Crippen molar-refractivity contribution in [2.45, 2.75) is 38.3 Å². The van der Waals surface area contributed by atoms with E-state index in [0.29, 0.717) is 10.7 Å². The number of anilines is 1. The molecule has 2 aliphatic heterocycles. The van der Waals surface area contributed by atoms with E-state index in [4.69, 9.17) is 11.6 Å². The van der Waals surface area contributed by atoms with Crippen molar-refractivity contribution in [2.75, 3.05) is 29.5 Å². The molecule has 0 aromatic heterocycles. The largest absolute Gasteiger partial charge is 0.306 e. The fourth-order valence-electron chi connectivity index (χ4n) is 3.73. The highest BCUT2D eigenvalue weighted by molar-refractivity contribution is 7.91. The predicted octanol–water partition coefficient (Wildman–Crippen LogP) is 2.34. The van der Waals surface area contributed by atoms with E-state index in [1.807, 2.05) is 6.07 Å². The van der Waals surface area contributed by atoms with E-state index in [1.54, 1.807) is 23.1 Å². The van der Waals surface area contributed by atoms with Crippen molar-refractivity contribution in [1.29, 1.82) is 0 Å². The van der Waals surface area contributed by atoms with E-state index in [0.717, 1.165) is 25.8 Å². The van der Waals surface area contributed by atoms with Crippen molar-refractivity contribution in [1.82, 2.24) is 4.90 Å². The van der Waals surface area contributed by atoms with E-state index < -0.39 is 9.84 Å². The summed E-state index contributed by atoms with van der Waals surface area (Å²) < 4.78 is 24.5. The first kappa shape index (κ1) is 17.7. The van der Waals surface area contributed by atoms with Crippen molar-refractivity contribution in [2.24, 2.45) is 0 Å². The lowest BCUT2D eigenvalue weighted by Gasteiger charge is -2.43. The molecule has 1 aromatic carbocycles. The van der Waals surface area contributed by atoms with Gasteiger partial charge in [-0.1, -0.05) is 37.4 Å². The number of amides is 1. The molecule has 2 atom stereocenters. The van der Waals surface area contributed by atoms with Crippen LogP contribution in [0.4, 0.5) is 5.69 Å². The molecule has 0 aliphatic carbocycles. The molecule has 0 spiro atoms. The molecular weight excluding hydrogens is 348 g/mol. The van der Waals surface area contributed by atoms with Crippen molar-refractivity contribution in [3.05, 3.63) is 29.3 Å². The highest BCUT2D eigenvalue weighted by Crippen LogP contribution is 2.32. The number of benzene rings is 1. The van der Waals surface area contributed by atoms with Crippen molar-refractivity contribution in [3.8, 4) is 0 Å². The van der Waals surface area contributed by atoms with Crippen LogP contribution in [0, 0.1) is 0 Å². The van der Waals surface area contributed by atoms with Crippen LogP contribution < -0.4 is 4.90 Å². The SMILES string of the molecule is CCCCCN1CC(=O)N(c2cccc(Cl)c2)[C@@H]2CS(=O)(=O)C[C@@H]21. The van der Waals surface area contributed by atoms with Crippen LogP contribution >= 0.6 is 11.6 Å². The molecule has 2 fully saturated rings. The summed E-state index contributed by atoms with van der Waals surface area (Å²) in [5, 5.41) is 0.545. The lowest BCUT2D eigenvalue weighted by molar-refractivity contribution is -0.123. The standard InChI is InChI=1S/C17H23ClN2O3S/c1-2-3-4-8-19-10-17(21)20(14-7-5-6-13(18)9-14)16-12-24(22,23)11-15(16)19/h5-7,9,15-16H,2-4,8,10-12H2,1H3/t15-,16+/m0/s1. The van der Waals surface area contributed by atoms with Gasteiger partial charge in [0, 0.05) is 16.8 Å². The quantitative estimate of drug-likeness (QED) is 0.746. The lowest BCUT2D eigenvalue weighted by atomic mass is 10.0. The summed E-state index contributed by atoms with van der Waals surface area (Å²) in [6.45, 7) is 3.18. The summed E-state index contributed by atoms with van der Waals surface area (Å²) in [5.74, 6) is 0.112. The maximum absolute atomic E-state index is 12.7. The highest BCUT2D eigenvalue weighted by atomic mass is 35.5. The number of carbonyl (C=O) groups excluding carboxylic acids is 1. The molecule has 2 heterocycles. The molecule has 3 rings (SSSR count). The Morgan fingerprint density at radius 2 is 1.96 bits per heavy atom. The molecule has 132 valence electrons. The molecule has 1 amide bonds. The predicted molar refractivity (Wildman–Crippen MR) is 96.3 cm³/mol. The minimum atomic E-state index is -3.14. The number of carbonyl (C=O) groups is 1. The van der Waals surface area contributed by atoms with E-state index in [1.165, 1.54) is 0 Å². The Balaban J connectivity index is 1.89. The zero-order valence-electron chi connectivity index (χ0n) is 13.8. The van der Waals surface area contributed by atoms with Gasteiger partial charge < -0.3 is 4.90 Å².